The van der Waals surface area contributed by atoms with Gasteiger partial charge >= 0.3 is 0 Å². The number of aryl methyl sites for hydroxylation is 1. The largest absolute Gasteiger partial charge is 0.344 e. The maximum atomic E-state index is 12.2. The second-order valence-corrected chi connectivity index (χ2v) is 5.58. The molecule has 0 spiro atoms. The van der Waals surface area contributed by atoms with Crippen molar-refractivity contribution in [3.63, 3.8) is 0 Å². The second-order valence-electron chi connectivity index (χ2n) is 4.67. The van der Waals surface area contributed by atoms with Crippen LogP contribution in [0.15, 0.2) is 40.9 Å². The summed E-state index contributed by atoms with van der Waals surface area (Å²) in [6.07, 6.45) is 0. The van der Waals surface area contributed by atoms with Crippen LogP contribution in [0.25, 0.3) is 0 Å². The first-order chi connectivity index (χ1) is 8.99. The second kappa shape index (κ2) is 5.61. The molecule has 1 amide bonds. The fourth-order valence-corrected chi connectivity index (χ4v) is 2.39. The van der Waals surface area contributed by atoms with Crippen LogP contribution in [-0.2, 0) is 7.05 Å². The summed E-state index contributed by atoms with van der Waals surface area (Å²) in [5.41, 5.74) is 2.83. The zero-order chi connectivity index (χ0) is 14.0. The Balaban J connectivity index is 2.13. The molecule has 0 saturated carbocycles. The lowest BCUT2D eigenvalue weighted by molar-refractivity contribution is 0.0931. The fourth-order valence-electron chi connectivity index (χ4n) is 1.97. The van der Waals surface area contributed by atoms with E-state index in [1.165, 1.54) is 0 Å². The SMILES string of the molecule is Cc1ccc(C(=O)N[C@@H](C)c2cccc(Br)c2)n1C. The summed E-state index contributed by atoms with van der Waals surface area (Å²) < 4.78 is 2.91. The molecule has 4 heteroatoms. The van der Waals surface area contributed by atoms with Gasteiger partial charge in [-0.25, -0.2) is 0 Å². The van der Waals surface area contributed by atoms with Crippen LogP contribution in [0.5, 0.6) is 0 Å². The van der Waals surface area contributed by atoms with Gasteiger partial charge in [0.2, 0.25) is 0 Å². The van der Waals surface area contributed by atoms with E-state index in [2.05, 4.69) is 21.2 Å². The average molecular weight is 321 g/mol. The monoisotopic (exact) mass is 320 g/mol. The molecule has 0 radical (unpaired) electrons. The van der Waals surface area contributed by atoms with Gasteiger partial charge in [0.1, 0.15) is 5.69 Å². The van der Waals surface area contributed by atoms with Crippen molar-refractivity contribution < 1.29 is 4.79 Å². The van der Waals surface area contributed by atoms with E-state index in [0.717, 1.165) is 15.7 Å². The van der Waals surface area contributed by atoms with Crippen molar-refractivity contribution in [1.82, 2.24) is 9.88 Å². The molecule has 1 atom stereocenters. The van der Waals surface area contributed by atoms with Gasteiger partial charge in [0.05, 0.1) is 6.04 Å². The molecule has 0 aliphatic rings. The smallest absolute Gasteiger partial charge is 0.268 e. The number of nitrogens with one attached hydrogen (secondary N) is 1. The summed E-state index contributed by atoms with van der Waals surface area (Å²) in [7, 11) is 1.90. The Morgan fingerprint density at radius 1 is 1.32 bits per heavy atom. The van der Waals surface area contributed by atoms with E-state index < -0.39 is 0 Å². The Hall–Kier alpha value is -1.55. The number of hydrogen-bond donors (Lipinski definition) is 1. The van der Waals surface area contributed by atoms with Crippen molar-refractivity contribution >= 4 is 21.8 Å². The van der Waals surface area contributed by atoms with Gasteiger partial charge in [0.15, 0.2) is 0 Å². The van der Waals surface area contributed by atoms with Crippen LogP contribution in [0.4, 0.5) is 0 Å². The van der Waals surface area contributed by atoms with Gasteiger partial charge in [-0.05, 0) is 43.7 Å². The van der Waals surface area contributed by atoms with Crippen molar-refractivity contribution in [1.29, 1.82) is 0 Å². The Labute approximate surface area is 121 Å². The molecule has 3 nitrogen and oxygen atoms in total. The Morgan fingerprint density at radius 3 is 2.63 bits per heavy atom. The maximum absolute atomic E-state index is 12.2. The van der Waals surface area contributed by atoms with E-state index in [4.69, 9.17) is 0 Å². The predicted molar refractivity (Wildman–Crippen MR) is 80.2 cm³/mol. The van der Waals surface area contributed by atoms with Gasteiger partial charge in [-0.1, -0.05) is 28.1 Å². The van der Waals surface area contributed by atoms with Gasteiger partial charge < -0.3 is 9.88 Å². The van der Waals surface area contributed by atoms with Gasteiger partial charge in [0, 0.05) is 17.2 Å². The lowest BCUT2D eigenvalue weighted by Gasteiger charge is -2.15. The molecule has 1 aromatic carbocycles. The minimum absolute atomic E-state index is 0.0276. The summed E-state index contributed by atoms with van der Waals surface area (Å²) in [5.74, 6) is -0.0527. The van der Waals surface area contributed by atoms with Crippen LogP contribution < -0.4 is 5.32 Å². The summed E-state index contributed by atoms with van der Waals surface area (Å²) in [6.45, 7) is 3.96. The topological polar surface area (TPSA) is 34.0 Å². The van der Waals surface area contributed by atoms with Crippen LogP contribution >= 0.6 is 15.9 Å². The van der Waals surface area contributed by atoms with E-state index in [9.17, 15) is 4.79 Å². The number of carbonyl (C=O) groups is 1. The molecule has 1 heterocycles. The van der Waals surface area contributed by atoms with Gasteiger partial charge in [-0.15, -0.1) is 0 Å². The maximum Gasteiger partial charge on any atom is 0.268 e. The molecule has 100 valence electrons. The van der Waals surface area contributed by atoms with Gasteiger partial charge in [0.25, 0.3) is 5.91 Å². The molecule has 2 aromatic rings. The molecule has 2 rings (SSSR count). The van der Waals surface area contributed by atoms with E-state index in [-0.39, 0.29) is 11.9 Å². The number of nitrogens with zero attached hydrogens (tertiary/aromatic N) is 1. The summed E-state index contributed by atoms with van der Waals surface area (Å²) in [5, 5.41) is 3.01. The Morgan fingerprint density at radius 2 is 2.05 bits per heavy atom. The van der Waals surface area contributed by atoms with Crippen LogP contribution in [0.3, 0.4) is 0 Å². The zero-order valence-electron chi connectivity index (χ0n) is 11.3. The number of halogens is 1. The number of benzene rings is 1. The molecule has 0 fully saturated rings. The zero-order valence-corrected chi connectivity index (χ0v) is 12.9. The molecule has 0 saturated heterocycles. The van der Waals surface area contributed by atoms with Crippen molar-refractivity contribution in [3.8, 4) is 0 Å². The third-order valence-electron chi connectivity index (χ3n) is 3.30. The van der Waals surface area contributed by atoms with Crippen LogP contribution in [0.2, 0.25) is 0 Å². The average Bonchev–Trinajstić information content (AvgIpc) is 2.70. The van der Waals surface area contributed by atoms with Crippen LogP contribution in [0.1, 0.15) is 34.7 Å². The number of carbonyl (C=O) groups excluding carboxylic acids is 1. The Bertz CT molecular complexity index is 604. The highest BCUT2D eigenvalue weighted by Gasteiger charge is 2.14. The first-order valence-corrected chi connectivity index (χ1v) is 6.97. The standard InChI is InChI=1S/C15H17BrN2O/c1-10-7-8-14(18(10)3)15(19)17-11(2)12-5-4-6-13(16)9-12/h4-9,11H,1-3H3,(H,17,19)/t11-/m0/s1. The first kappa shape index (κ1) is 13.9. The lowest BCUT2D eigenvalue weighted by Crippen LogP contribution is -2.28. The molecule has 1 N–H and O–H groups in total. The fraction of sp³-hybridized carbons (Fsp3) is 0.267. The third kappa shape index (κ3) is 3.07. The minimum Gasteiger partial charge on any atom is -0.344 e. The number of hydrogen-bond acceptors (Lipinski definition) is 1. The summed E-state index contributed by atoms with van der Waals surface area (Å²) in [4.78, 5) is 12.2. The molecular weight excluding hydrogens is 304 g/mol. The lowest BCUT2D eigenvalue weighted by atomic mass is 10.1. The predicted octanol–water partition coefficient (Wildman–Crippen LogP) is 3.59. The van der Waals surface area contributed by atoms with Crippen molar-refractivity contribution in [2.45, 2.75) is 19.9 Å². The van der Waals surface area contributed by atoms with Crippen molar-refractivity contribution in [2.24, 2.45) is 7.05 Å². The van der Waals surface area contributed by atoms with E-state index in [1.807, 2.05) is 61.9 Å². The molecular formula is C15H17BrN2O. The molecule has 0 unspecified atom stereocenters. The molecule has 0 bridgehead atoms. The van der Waals surface area contributed by atoms with E-state index >= 15 is 0 Å². The highest BCUT2D eigenvalue weighted by atomic mass is 79.9. The van der Waals surface area contributed by atoms with Gasteiger partial charge in [-0.3, -0.25) is 4.79 Å². The van der Waals surface area contributed by atoms with E-state index in [0.29, 0.717) is 5.69 Å². The third-order valence-corrected chi connectivity index (χ3v) is 3.79. The van der Waals surface area contributed by atoms with Gasteiger partial charge in [-0.2, -0.15) is 0 Å². The molecule has 1 aromatic heterocycles. The quantitative estimate of drug-likeness (QED) is 0.921. The number of amides is 1. The van der Waals surface area contributed by atoms with E-state index in [1.54, 1.807) is 0 Å². The van der Waals surface area contributed by atoms with Crippen molar-refractivity contribution in [2.75, 3.05) is 0 Å². The summed E-state index contributed by atoms with van der Waals surface area (Å²) in [6, 6.07) is 11.7. The Kier molecular flexibility index (Phi) is 4.10. The van der Waals surface area contributed by atoms with Crippen molar-refractivity contribution in [3.05, 3.63) is 57.8 Å². The first-order valence-electron chi connectivity index (χ1n) is 6.17. The number of rotatable bonds is 3. The normalized spacial score (nSPS) is 12.2. The molecule has 0 aliphatic heterocycles. The minimum atomic E-state index is -0.0527. The number of aromatic nitrogens is 1. The van der Waals surface area contributed by atoms with Crippen LogP contribution in [-0.4, -0.2) is 10.5 Å². The highest BCUT2D eigenvalue weighted by Crippen LogP contribution is 2.18. The summed E-state index contributed by atoms with van der Waals surface area (Å²) >= 11 is 3.44. The highest BCUT2D eigenvalue weighted by molar-refractivity contribution is 9.10. The van der Waals surface area contributed by atoms with Crippen LogP contribution in [0, 0.1) is 6.92 Å². The molecule has 19 heavy (non-hydrogen) atoms. The molecule has 0 aliphatic carbocycles.